The van der Waals surface area contributed by atoms with Crippen LogP contribution in [0.1, 0.15) is 24.8 Å². The molecule has 0 amide bonds. The summed E-state index contributed by atoms with van der Waals surface area (Å²) in [6.45, 7) is 3.67. The minimum absolute atomic E-state index is 0.0361. The predicted molar refractivity (Wildman–Crippen MR) is 93.7 cm³/mol. The van der Waals surface area contributed by atoms with Crippen LogP contribution in [0.5, 0.6) is 0 Å². The van der Waals surface area contributed by atoms with Gasteiger partial charge in [0, 0.05) is 5.56 Å². The Hall–Kier alpha value is -1.93. The molecule has 0 unspecified atom stereocenters. The first-order chi connectivity index (χ1) is 11.1. The fourth-order valence-electron chi connectivity index (χ4n) is 2.31. The number of benzene rings is 2. The maximum Gasteiger partial charge on any atom is 0.142 e. The van der Waals surface area contributed by atoms with E-state index in [0.717, 1.165) is 31.2 Å². The van der Waals surface area contributed by atoms with Crippen molar-refractivity contribution in [1.82, 2.24) is 0 Å². The van der Waals surface area contributed by atoms with E-state index in [1.54, 1.807) is 12.1 Å². The molecule has 0 N–H and O–H groups in total. The maximum atomic E-state index is 14.3. The third kappa shape index (κ3) is 5.04. The topological polar surface area (TPSA) is 0 Å². The van der Waals surface area contributed by atoms with Gasteiger partial charge >= 0.3 is 0 Å². The largest absolute Gasteiger partial charge is 0.206 e. The molecule has 0 atom stereocenters. The second kappa shape index (κ2) is 8.64. The second-order valence-corrected chi connectivity index (χ2v) is 5.73. The lowest BCUT2D eigenvalue weighted by Crippen LogP contribution is -1.90. The van der Waals surface area contributed by atoms with Crippen LogP contribution >= 0.6 is 11.6 Å². The molecule has 0 saturated carbocycles. The molecule has 3 heteroatoms. The Morgan fingerprint density at radius 1 is 0.913 bits per heavy atom. The minimum Gasteiger partial charge on any atom is -0.206 e. The molecular weight excluding hydrogens is 314 g/mol. The van der Waals surface area contributed by atoms with Crippen molar-refractivity contribution < 1.29 is 8.78 Å². The van der Waals surface area contributed by atoms with Gasteiger partial charge in [0.2, 0.25) is 0 Å². The van der Waals surface area contributed by atoms with Crippen LogP contribution in [0.4, 0.5) is 8.78 Å². The van der Waals surface area contributed by atoms with Crippen molar-refractivity contribution in [3.63, 3.8) is 0 Å². The molecule has 0 radical (unpaired) electrons. The van der Waals surface area contributed by atoms with Gasteiger partial charge < -0.3 is 0 Å². The molecule has 0 aliphatic carbocycles. The lowest BCUT2D eigenvalue weighted by molar-refractivity contribution is 0.624. The first-order valence-corrected chi connectivity index (χ1v) is 7.99. The number of unbranched alkanes of at least 4 members (excludes halogenated alkanes) is 1. The smallest absolute Gasteiger partial charge is 0.142 e. The molecule has 0 spiro atoms. The van der Waals surface area contributed by atoms with Crippen molar-refractivity contribution in [2.24, 2.45) is 0 Å². The van der Waals surface area contributed by atoms with Crippen molar-refractivity contribution >= 4 is 11.6 Å². The average Bonchev–Trinajstić information content (AvgIpc) is 2.54. The van der Waals surface area contributed by atoms with Crippen LogP contribution in [-0.4, -0.2) is 0 Å². The van der Waals surface area contributed by atoms with E-state index in [-0.39, 0.29) is 10.8 Å². The van der Waals surface area contributed by atoms with Crippen LogP contribution in [-0.2, 0) is 6.42 Å². The Labute approximate surface area is 141 Å². The average molecular weight is 333 g/mol. The summed E-state index contributed by atoms with van der Waals surface area (Å²) in [6.07, 6.45) is 9.70. The highest BCUT2D eigenvalue weighted by Crippen LogP contribution is 2.27. The van der Waals surface area contributed by atoms with E-state index in [1.165, 1.54) is 18.2 Å². The highest BCUT2D eigenvalue weighted by Gasteiger charge is 2.08. The van der Waals surface area contributed by atoms with Crippen LogP contribution in [0.2, 0.25) is 5.02 Å². The van der Waals surface area contributed by atoms with Gasteiger partial charge in [-0.1, -0.05) is 48.0 Å². The van der Waals surface area contributed by atoms with Gasteiger partial charge in [0.05, 0.1) is 5.02 Å². The molecule has 0 saturated heterocycles. The Balaban J connectivity index is 2.04. The molecule has 0 aliphatic heterocycles. The van der Waals surface area contributed by atoms with Gasteiger partial charge in [-0.15, -0.1) is 6.58 Å². The monoisotopic (exact) mass is 332 g/mol. The van der Waals surface area contributed by atoms with E-state index in [4.69, 9.17) is 11.6 Å². The normalized spacial score (nSPS) is 11.1. The molecule has 120 valence electrons. The SMILES string of the molecule is C=CCCC=CCCc1ccc(-c2ccc(Cl)c(F)c2)c(F)c1. The molecule has 2 aromatic carbocycles. The van der Waals surface area contributed by atoms with Gasteiger partial charge in [0.15, 0.2) is 0 Å². The number of rotatable bonds is 7. The molecule has 0 fully saturated rings. The zero-order valence-corrected chi connectivity index (χ0v) is 13.6. The zero-order chi connectivity index (χ0) is 16.7. The first-order valence-electron chi connectivity index (χ1n) is 7.61. The Kier molecular flexibility index (Phi) is 6.54. The summed E-state index contributed by atoms with van der Waals surface area (Å²) >= 11 is 5.66. The van der Waals surface area contributed by atoms with Gasteiger partial charge in [-0.05, 0) is 55.0 Å². The van der Waals surface area contributed by atoms with Gasteiger partial charge in [-0.3, -0.25) is 0 Å². The van der Waals surface area contributed by atoms with Crippen molar-refractivity contribution in [2.45, 2.75) is 25.7 Å². The molecule has 2 rings (SSSR count). The van der Waals surface area contributed by atoms with Crippen LogP contribution in [0.15, 0.2) is 61.2 Å². The summed E-state index contributed by atoms with van der Waals surface area (Å²) in [4.78, 5) is 0. The predicted octanol–water partition coefficient (Wildman–Crippen LogP) is 6.74. The molecule has 0 bridgehead atoms. The van der Waals surface area contributed by atoms with E-state index >= 15 is 0 Å². The Morgan fingerprint density at radius 3 is 2.39 bits per heavy atom. The van der Waals surface area contributed by atoms with Crippen LogP contribution in [0.3, 0.4) is 0 Å². The summed E-state index contributed by atoms with van der Waals surface area (Å²) < 4.78 is 27.8. The molecule has 0 nitrogen and oxygen atoms in total. The standard InChI is InChI=1S/C20H19ClF2/c1-2-3-4-5-6-7-8-15-9-11-17(19(22)13-15)16-10-12-18(21)20(23)14-16/h2,5-6,9-14H,1,3-4,7-8H2. The van der Waals surface area contributed by atoms with Gasteiger partial charge in [0.25, 0.3) is 0 Å². The summed E-state index contributed by atoms with van der Waals surface area (Å²) in [5, 5.41) is 0.0361. The van der Waals surface area contributed by atoms with E-state index in [9.17, 15) is 8.78 Å². The van der Waals surface area contributed by atoms with Crippen molar-refractivity contribution in [1.29, 1.82) is 0 Å². The highest BCUT2D eigenvalue weighted by molar-refractivity contribution is 6.30. The lowest BCUT2D eigenvalue weighted by atomic mass is 10.0. The number of allylic oxidation sites excluding steroid dienone is 3. The lowest BCUT2D eigenvalue weighted by Gasteiger charge is -2.07. The second-order valence-electron chi connectivity index (χ2n) is 5.32. The van der Waals surface area contributed by atoms with E-state index in [2.05, 4.69) is 18.7 Å². The van der Waals surface area contributed by atoms with Crippen LogP contribution in [0, 0.1) is 11.6 Å². The number of halogens is 3. The molecule has 0 heterocycles. The summed E-state index contributed by atoms with van der Waals surface area (Å²) in [5.74, 6) is -0.892. The Bertz CT molecular complexity index is 705. The molecule has 0 aromatic heterocycles. The molecule has 0 aliphatic rings. The molecule has 2 aromatic rings. The fourth-order valence-corrected chi connectivity index (χ4v) is 2.43. The quantitative estimate of drug-likeness (QED) is 0.389. The third-order valence-electron chi connectivity index (χ3n) is 3.57. The zero-order valence-electron chi connectivity index (χ0n) is 12.9. The maximum absolute atomic E-state index is 14.3. The van der Waals surface area contributed by atoms with Crippen LogP contribution < -0.4 is 0 Å². The fraction of sp³-hybridized carbons (Fsp3) is 0.200. The van der Waals surface area contributed by atoms with Crippen LogP contribution in [0.25, 0.3) is 11.1 Å². The third-order valence-corrected chi connectivity index (χ3v) is 3.87. The summed E-state index contributed by atoms with van der Waals surface area (Å²) in [5.41, 5.74) is 1.79. The van der Waals surface area contributed by atoms with Gasteiger partial charge in [0.1, 0.15) is 11.6 Å². The van der Waals surface area contributed by atoms with Gasteiger partial charge in [-0.25, -0.2) is 8.78 Å². The van der Waals surface area contributed by atoms with Gasteiger partial charge in [-0.2, -0.15) is 0 Å². The van der Waals surface area contributed by atoms with Crippen molar-refractivity contribution in [3.8, 4) is 11.1 Å². The first kappa shape index (κ1) is 17.4. The van der Waals surface area contributed by atoms with Crippen molar-refractivity contribution in [3.05, 3.63) is 83.4 Å². The number of aryl methyl sites for hydroxylation is 1. The number of hydrogen-bond donors (Lipinski definition) is 0. The van der Waals surface area contributed by atoms with E-state index in [1.807, 2.05) is 12.1 Å². The van der Waals surface area contributed by atoms with E-state index < -0.39 is 5.82 Å². The summed E-state index contributed by atoms with van der Waals surface area (Å²) in [7, 11) is 0. The highest BCUT2D eigenvalue weighted by atomic mass is 35.5. The number of hydrogen-bond acceptors (Lipinski definition) is 0. The minimum atomic E-state index is -0.544. The molecule has 23 heavy (non-hydrogen) atoms. The molecular formula is C20H19ClF2. The van der Waals surface area contributed by atoms with Crippen molar-refractivity contribution in [2.75, 3.05) is 0 Å². The Morgan fingerprint density at radius 2 is 1.70 bits per heavy atom. The van der Waals surface area contributed by atoms with E-state index in [0.29, 0.717) is 11.1 Å². The summed E-state index contributed by atoms with van der Waals surface area (Å²) in [6, 6.07) is 9.39.